The number of likely N-dealkylation sites (tertiary alicyclic amines) is 1. The number of phenols is 1. The highest BCUT2D eigenvalue weighted by molar-refractivity contribution is 5.68. The Bertz CT molecular complexity index is 1040. The molecule has 0 saturated carbocycles. The van der Waals surface area contributed by atoms with Crippen LogP contribution < -0.4 is 9.47 Å². The van der Waals surface area contributed by atoms with Gasteiger partial charge in [-0.25, -0.2) is 4.79 Å². The number of piperidine rings is 1. The number of carboxylic acid groups (broad SMARTS) is 1. The van der Waals surface area contributed by atoms with Crippen LogP contribution in [0.4, 0.5) is 0 Å². The number of fused-ring (bicyclic) bond motifs is 4. The first-order valence-electron chi connectivity index (χ1n) is 11.7. The summed E-state index contributed by atoms with van der Waals surface area (Å²) in [7, 11) is 0. The lowest BCUT2D eigenvalue weighted by Crippen LogP contribution is -2.58. The Kier molecular flexibility index (Phi) is 5.70. The van der Waals surface area contributed by atoms with Gasteiger partial charge in [-0.1, -0.05) is 30.3 Å². The molecular weight excluding hydrogens is 422 g/mol. The number of aliphatic carboxylic acids is 1. The number of phenolic OH excluding ortho intramolecular Hbond substituents is 1. The normalized spacial score (nSPS) is 28.1. The molecule has 5 rings (SSSR count). The van der Waals surface area contributed by atoms with Crippen LogP contribution in [0.3, 0.4) is 0 Å². The first-order chi connectivity index (χ1) is 15.8. The SMILES string of the molecule is CC1(C)Oc2c(O)cccc2[C@H]2O[C@H]3CCCN(Cc4ccccc4OCC(=O)O)[C@H]3C[C@@H]21. The summed E-state index contributed by atoms with van der Waals surface area (Å²) in [4.78, 5) is 13.4. The number of hydrogen-bond donors (Lipinski definition) is 2. The molecule has 0 unspecified atom stereocenters. The molecular formula is C26H31NO6. The van der Waals surface area contributed by atoms with Gasteiger partial charge in [0.2, 0.25) is 0 Å². The van der Waals surface area contributed by atoms with Gasteiger partial charge in [0, 0.05) is 29.6 Å². The Morgan fingerprint density at radius 2 is 2.03 bits per heavy atom. The monoisotopic (exact) mass is 453 g/mol. The third kappa shape index (κ3) is 4.15. The number of ether oxygens (including phenoxy) is 3. The summed E-state index contributed by atoms with van der Waals surface area (Å²) in [5.74, 6) is 0.474. The van der Waals surface area contributed by atoms with E-state index in [-0.39, 0.29) is 36.5 Å². The van der Waals surface area contributed by atoms with Gasteiger partial charge >= 0.3 is 5.97 Å². The van der Waals surface area contributed by atoms with Crippen molar-refractivity contribution in [3.05, 3.63) is 53.6 Å². The first-order valence-corrected chi connectivity index (χ1v) is 11.7. The van der Waals surface area contributed by atoms with Crippen LogP contribution in [0.25, 0.3) is 0 Å². The van der Waals surface area contributed by atoms with Crippen molar-refractivity contribution < 1.29 is 29.2 Å². The molecule has 0 bridgehead atoms. The van der Waals surface area contributed by atoms with Crippen LogP contribution in [0.15, 0.2) is 42.5 Å². The van der Waals surface area contributed by atoms with Gasteiger partial charge in [-0.05, 0) is 51.8 Å². The zero-order valence-corrected chi connectivity index (χ0v) is 19.1. The van der Waals surface area contributed by atoms with Gasteiger partial charge in [-0.15, -0.1) is 0 Å². The average molecular weight is 454 g/mol. The number of carbonyl (C=O) groups is 1. The van der Waals surface area contributed by atoms with Gasteiger partial charge < -0.3 is 24.4 Å². The average Bonchev–Trinajstić information content (AvgIpc) is 2.78. The molecule has 176 valence electrons. The van der Waals surface area contributed by atoms with E-state index in [9.17, 15) is 9.90 Å². The van der Waals surface area contributed by atoms with E-state index in [0.29, 0.717) is 18.0 Å². The lowest BCUT2D eigenvalue weighted by molar-refractivity contribution is -0.190. The third-order valence-electron chi connectivity index (χ3n) is 7.30. The van der Waals surface area contributed by atoms with E-state index in [1.807, 2.05) is 36.4 Å². The molecule has 2 saturated heterocycles. The van der Waals surface area contributed by atoms with Crippen LogP contribution in [0.5, 0.6) is 17.2 Å². The summed E-state index contributed by atoms with van der Waals surface area (Å²) in [5.41, 5.74) is 1.44. The molecule has 3 aliphatic heterocycles. The molecule has 0 radical (unpaired) electrons. The summed E-state index contributed by atoms with van der Waals surface area (Å²) in [6.45, 7) is 5.43. The van der Waals surface area contributed by atoms with Gasteiger partial charge in [0.1, 0.15) is 11.4 Å². The first kappa shape index (κ1) is 22.0. The van der Waals surface area contributed by atoms with Crippen LogP contribution in [0.1, 0.15) is 50.3 Å². The minimum Gasteiger partial charge on any atom is -0.504 e. The molecule has 2 aromatic rings. The largest absolute Gasteiger partial charge is 0.504 e. The zero-order chi connectivity index (χ0) is 23.2. The fourth-order valence-corrected chi connectivity index (χ4v) is 5.70. The molecule has 3 heterocycles. The number of nitrogens with zero attached hydrogens (tertiary/aromatic N) is 1. The zero-order valence-electron chi connectivity index (χ0n) is 19.1. The molecule has 0 amide bonds. The van der Waals surface area contributed by atoms with Crippen molar-refractivity contribution in [1.82, 2.24) is 4.90 Å². The van der Waals surface area contributed by atoms with E-state index in [2.05, 4.69) is 18.7 Å². The minimum absolute atomic E-state index is 0.0937. The van der Waals surface area contributed by atoms with E-state index < -0.39 is 11.6 Å². The number of hydrogen-bond acceptors (Lipinski definition) is 6. The highest BCUT2D eigenvalue weighted by Crippen LogP contribution is 2.54. The van der Waals surface area contributed by atoms with Crippen LogP contribution in [0.2, 0.25) is 0 Å². The highest BCUT2D eigenvalue weighted by atomic mass is 16.5. The number of rotatable bonds is 5. The quantitative estimate of drug-likeness (QED) is 0.703. The second kappa shape index (κ2) is 8.54. The van der Waals surface area contributed by atoms with Crippen molar-refractivity contribution in [2.75, 3.05) is 13.2 Å². The Hall–Kier alpha value is -2.77. The molecule has 0 spiro atoms. The fourth-order valence-electron chi connectivity index (χ4n) is 5.70. The number of carboxylic acids is 1. The fraction of sp³-hybridized carbons (Fsp3) is 0.500. The maximum Gasteiger partial charge on any atom is 0.341 e. The molecule has 4 atom stereocenters. The smallest absolute Gasteiger partial charge is 0.341 e. The summed E-state index contributed by atoms with van der Waals surface area (Å²) < 4.78 is 18.6. The summed E-state index contributed by atoms with van der Waals surface area (Å²) >= 11 is 0. The lowest BCUT2D eigenvalue weighted by Gasteiger charge is -2.54. The van der Waals surface area contributed by atoms with Gasteiger partial charge in [0.15, 0.2) is 18.1 Å². The second-order valence-corrected chi connectivity index (χ2v) is 9.81. The van der Waals surface area contributed by atoms with Crippen molar-refractivity contribution in [3.8, 4) is 17.2 Å². The summed E-state index contributed by atoms with van der Waals surface area (Å²) in [6, 6.07) is 13.4. The van der Waals surface area contributed by atoms with Crippen molar-refractivity contribution in [3.63, 3.8) is 0 Å². The van der Waals surface area contributed by atoms with Crippen LogP contribution in [0, 0.1) is 5.92 Å². The molecule has 2 aromatic carbocycles. The van der Waals surface area contributed by atoms with Gasteiger partial charge in [-0.3, -0.25) is 4.90 Å². The van der Waals surface area contributed by atoms with Crippen LogP contribution in [-0.4, -0.2) is 52.0 Å². The highest BCUT2D eigenvalue weighted by Gasteiger charge is 2.52. The van der Waals surface area contributed by atoms with E-state index in [1.165, 1.54) is 0 Å². The molecule has 2 N–H and O–H groups in total. The second-order valence-electron chi connectivity index (χ2n) is 9.81. The maximum atomic E-state index is 11.0. The molecule has 7 heteroatoms. The number of aromatic hydroxyl groups is 1. The molecule has 3 aliphatic rings. The van der Waals surface area contributed by atoms with Crippen molar-refractivity contribution in [2.24, 2.45) is 5.92 Å². The van der Waals surface area contributed by atoms with Crippen LogP contribution in [-0.2, 0) is 16.1 Å². The number of para-hydroxylation sites is 2. The Morgan fingerprint density at radius 3 is 2.85 bits per heavy atom. The Labute approximate surface area is 193 Å². The van der Waals surface area contributed by atoms with Crippen molar-refractivity contribution in [2.45, 2.75) is 63.5 Å². The maximum absolute atomic E-state index is 11.0. The van der Waals surface area contributed by atoms with Gasteiger partial charge in [-0.2, -0.15) is 0 Å². The van der Waals surface area contributed by atoms with Gasteiger partial charge in [0.25, 0.3) is 0 Å². The third-order valence-corrected chi connectivity index (χ3v) is 7.30. The van der Waals surface area contributed by atoms with E-state index in [4.69, 9.17) is 19.3 Å². The predicted octanol–water partition coefficient (Wildman–Crippen LogP) is 4.14. The van der Waals surface area contributed by atoms with E-state index >= 15 is 0 Å². The Morgan fingerprint density at radius 1 is 1.21 bits per heavy atom. The molecule has 2 fully saturated rings. The van der Waals surface area contributed by atoms with Crippen molar-refractivity contribution in [1.29, 1.82) is 0 Å². The predicted molar refractivity (Wildman–Crippen MR) is 122 cm³/mol. The number of benzene rings is 2. The molecule has 33 heavy (non-hydrogen) atoms. The standard InChI is InChI=1S/C26H31NO6/c1-26(2)18-13-19-22(32-24(18)17-8-5-9-20(28)25(17)33-26)11-6-12-27(19)14-16-7-3-4-10-21(16)31-15-23(29)30/h3-5,7-10,18-19,22,24,28H,6,11-15H2,1-2H3,(H,29,30)/t18-,19-,22-,24+/m0/s1. The summed E-state index contributed by atoms with van der Waals surface area (Å²) in [6.07, 6.45) is 2.94. The minimum atomic E-state index is -0.986. The summed E-state index contributed by atoms with van der Waals surface area (Å²) in [5, 5.41) is 19.4. The van der Waals surface area contributed by atoms with Crippen molar-refractivity contribution >= 4 is 5.97 Å². The van der Waals surface area contributed by atoms with E-state index in [0.717, 1.165) is 36.9 Å². The van der Waals surface area contributed by atoms with Crippen LogP contribution >= 0.6 is 0 Å². The molecule has 0 aromatic heterocycles. The Balaban J connectivity index is 1.40. The topological polar surface area (TPSA) is 88.5 Å². The molecule has 0 aliphatic carbocycles. The van der Waals surface area contributed by atoms with Gasteiger partial charge in [0.05, 0.1) is 12.2 Å². The van der Waals surface area contributed by atoms with E-state index in [1.54, 1.807) is 6.07 Å². The molecule has 7 nitrogen and oxygen atoms in total. The lowest BCUT2D eigenvalue weighted by atomic mass is 9.72.